The Morgan fingerprint density at radius 2 is 2.00 bits per heavy atom. The minimum absolute atomic E-state index is 0.181. The summed E-state index contributed by atoms with van der Waals surface area (Å²) in [6.07, 6.45) is 1.60. The largest absolute Gasteiger partial charge is 0.481 e. The van der Waals surface area contributed by atoms with Gasteiger partial charge in [-0.05, 0) is 31.2 Å². The molecule has 2 amide bonds. The van der Waals surface area contributed by atoms with Gasteiger partial charge < -0.3 is 15.7 Å². The molecule has 0 aliphatic heterocycles. The second-order valence-corrected chi connectivity index (χ2v) is 5.42. The molecule has 0 radical (unpaired) electrons. The molecule has 1 aromatic rings. The number of nitrogens with one attached hydrogen (secondary N) is 2. The average Bonchev–Trinajstić information content (AvgIpc) is 2.43. The summed E-state index contributed by atoms with van der Waals surface area (Å²) in [4.78, 5) is 22.1. The van der Waals surface area contributed by atoms with E-state index in [4.69, 9.17) is 5.11 Å². The van der Waals surface area contributed by atoms with Crippen LogP contribution in [0.2, 0.25) is 0 Å². The Morgan fingerprint density at radius 1 is 1.24 bits per heavy atom. The molecule has 0 saturated carbocycles. The van der Waals surface area contributed by atoms with E-state index >= 15 is 0 Å². The highest BCUT2D eigenvalue weighted by Gasteiger charge is 2.06. The van der Waals surface area contributed by atoms with Gasteiger partial charge in [-0.25, -0.2) is 4.79 Å². The first-order chi connectivity index (χ1) is 9.97. The van der Waals surface area contributed by atoms with Gasteiger partial charge in [-0.15, -0.1) is 0 Å². The quantitative estimate of drug-likeness (QED) is 0.689. The standard InChI is InChI=1S/C16H24N2O3/c1-12(6-7-15(19)20)8-9-17-16(21)18-11-14-5-3-4-13(2)10-14/h3-5,10,12H,6-9,11H2,1-2H3,(H,19,20)(H2,17,18,21). The third-order valence-electron chi connectivity index (χ3n) is 3.31. The number of hydrogen-bond acceptors (Lipinski definition) is 2. The number of carboxylic acid groups (broad SMARTS) is 1. The van der Waals surface area contributed by atoms with Crippen LogP contribution in [0.3, 0.4) is 0 Å². The minimum atomic E-state index is -0.772. The summed E-state index contributed by atoms with van der Waals surface area (Å²) in [6.45, 7) is 5.07. The molecule has 5 nitrogen and oxygen atoms in total. The summed E-state index contributed by atoms with van der Waals surface area (Å²) >= 11 is 0. The predicted molar refractivity (Wildman–Crippen MR) is 82.1 cm³/mol. The summed E-state index contributed by atoms with van der Waals surface area (Å²) in [6, 6.07) is 7.80. The molecular weight excluding hydrogens is 268 g/mol. The van der Waals surface area contributed by atoms with E-state index in [1.54, 1.807) is 0 Å². The van der Waals surface area contributed by atoms with Crippen molar-refractivity contribution in [3.05, 3.63) is 35.4 Å². The van der Waals surface area contributed by atoms with Crippen LogP contribution in [0, 0.1) is 12.8 Å². The molecule has 21 heavy (non-hydrogen) atoms. The second-order valence-electron chi connectivity index (χ2n) is 5.42. The molecule has 0 aliphatic rings. The molecule has 0 saturated heterocycles. The summed E-state index contributed by atoms with van der Waals surface area (Å²) in [5.41, 5.74) is 2.24. The van der Waals surface area contributed by atoms with Crippen molar-refractivity contribution in [1.82, 2.24) is 10.6 Å². The van der Waals surface area contributed by atoms with Crippen LogP contribution in [-0.2, 0) is 11.3 Å². The fourth-order valence-electron chi connectivity index (χ4n) is 2.01. The molecule has 3 N–H and O–H groups in total. The first-order valence-electron chi connectivity index (χ1n) is 7.26. The van der Waals surface area contributed by atoms with Crippen LogP contribution < -0.4 is 10.6 Å². The number of hydrogen-bond donors (Lipinski definition) is 3. The number of carboxylic acids is 1. The first-order valence-corrected chi connectivity index (χ1v) is 7.26. The van der Waals surface area contributed by atoms with E-state index in [1.807, 2.05) is 38.1 Å². The maximum atomic E-state index is 11.6. The average molecular weight is 292 g/mol. The van der Waals surface area contributed by atoms with E-state index in [9.17, 15) is 9.59 Å². The number of carbonyl (C=O) groups is 2. The molecule has 1 aromatic carbocycles. The van der Waals surface area contributed by atoms with Crippen molar-refractivity contribution >= 4 is 12.0 Å². The molecule has 0 spiro atoms. The van der Waals surface area contributed by atoms with Crippen molar-refractivity contribution in [2.75, 3.05) is 6.54 Å². The SMILES string of the molecule is Cc1cccc(CNC(=O)NCCC(C)CCC(=O)O)c1. The van der Waals surface area contributed by atoms with Crippen molar-refractivity contribution in [2.45, 2.75) is 39.7 Å². The van der Waals surface area contributed by atoms with Crippen LogP contribution in [-0.4, -0.2) is 23.7 Å². The molecule has 1 rings (SSSR count). The highest BCUT2D eigenvalue weighted by Crippen LogP contribution is 2.09. The number of aliphatic carboxylic acids is 1. The van der Waals surface area contributed by atoms with Crippen LogP contribution in [0.15, 0.2) is 24.3 Å². The Labute approximate surface area is 125 Å². The van der Waals surface area contributed by atoms with Gasteiger partial charge in [0.1, 0.15) is 0 Å². The Kier molecular flexibility index (Phi) is 7.29. The van der Waals surface area contributed by atoms with E-state index < -0.39 is 5.97 Å². The normalized spacial score (nSPS) is 11.7. The molecule has 0 heterocycles. The minimum Gasteiger partial charge on any atom is -0.481 e. The lowest BCUT2D eigenvalue weighted by atomic mass is 10.0. The molecule has 5 heteroatoms. The predicted octanol–water partition coefficient (Wildman–Crippen LogP) is 2.69. The van der Waals surface area contributed by atoms with E-state index in [-0.39, 0.29) is 18.4 Å². The number of amides is 2. The Hall–Kier alpha value is -2.04. The molecule has 0 fully saturated rings. The lowest BCUT2D eigenvalue weighted by Gasteiger charge is -2.11. The molecular formula is C16H24N2O3. The molecule has 1 unspecified atom stereocenters. The van der Waals surface area contributed by atoms with Crippen LogP contribution in [0.25, 0.3) is 0 Å². The summed E-state index contributed by atoms with van der Waals surface area (Å²) in [5.74, 6) is -0.483. The van der Waals surface area contributed by atoms with Gasteiger partial charge in [0.15, 0.2) is 0 Å². The van der Waals surface area contributed by atoms with E-state index in [0.29, 0.717) is 19.5 Å². The van der Waals surface area contributed by atoms with Crippen molar-refractivity contribution in [2.24, 2.45) is 5.92 Å². The number of aryl methyl sites for hydroxylation is 1. The Bertz CT molecular complexity index is 474. The van der Waals surface area contributed by atoms with Gasteiger partial charge in [0, 0.05) is 19.5 Å². The van der Waals surface area contributed by atoms with E-state index in [0.717, 1.165) is 12.0 Å². The van der Waals surface area contributed by atoms with Crippen LogP contribution in [0.1, 0.15) is 37.3 Å². The fourth-order valence-corrected chi connectivity index (χ4v) is 2.01. The summed E-state index contributed by atoms with van der Waals surface area (Å²) in [7, 11) is 0. The van der Waals surface area contributed by atoms with Crippen molar-refractivity contribution < 1.29 is 14.7 Å². The number of rotatable bonds is 8. The van der Waals surface area contributed by atoms with Gasteiger partial charge >= 0.3 is 12.0 Å². The highest BCUT2D eigenvalue weighted by atomic mass is 16.4. The second kappa shape index (κ2) is 9.00. The van der Waals surface area contributed by atoms with Crippen LogP contribution in [0.4, 0.5) is 4.79 Å². The molecule has 0 aromatic heterocycles. The zero-order valence-electron chi connectivity index (χ0n) is 12.7. The third-order valence-corrected chi connectivity index (χ3v) is 3.31. The van der Waals surface area contributed by atoms with Crippen molar-refractivity contribution in [3.63, 3.8) is 0 Å². The van der Waals surface area contributed by atoms with Crippen LogP contribution in [0.5, 0.6) is 0 Å². The van der Waals surface area contributed by atoms with Gasteiger partial charge in [-0.3, -0.25) is 4.79 Å². The Balaban J connectivity index is 2.15. The van der Waals surface area contributed by atoms with Gasteiger partial charge in [-0.1, -0.05) is 36.8 Å². The Morgan fingerprint density at radius 3 is 2.67 bits per heavy atom. The number of urea groups is 1. The lowest BCUT2D eigenvalue weighted by molar-refractivity contribution is -0.137. The van der Waals surface area contributed by atoms with Gasteiger partial charge in [0.2, 0.25) is 0 Å². The molecule has 0 aliphatic carbocycles. The van der Waals surface area contributed by atoms with E-state index in [1.165, 1.54) is 5.56 Å². The maximum absolute atomic E-state index is 11.6. The molecule has 1 atom stereocenters. The summed E-state index contributed by atoms with van der Waals surface area (Å²) in [5, 5.41) is 14.2. The smallest absolute Gasteiger partial charge is 0.315 e. The van der Waals surface area contributed by atoms with Gasteiger partial charge in [0.05, 0.1) is 0 Å². The summed E-state index contributed by atoms with van der Waals surface area (Å²) < 4.78 is 0. The third kappa shape index (κ3) is 7.97. The highest BCUT2D eigenvalue weighted by molar-refractivity contribution is 5.73. The lowest BCUT2D eigenvalue weighted by Crippen LogP contribution is -2.36. The zero-order valence-corrected chi connectivity index (χ0v) is 12.7. The topological polar surface area (TPSA) is 78.4 Å². The van der Waals surface area contributed by atoms with Crippen molar-refractivity contribution in [1.29, 1.82) is 0 Å². The number of benzene rings is 1. The first kappa shape index (κ1) is 17.0. The van der Waals surface area contributed by atoms with Gasteiger partial charge in [0.25, 0.3) is 0 Å². The molecule has 116 valence electrons. The zero-order chi connectivity index (χ0) is 15.7. The van der Waals surface area contributed by atoms with Crippen molar-refractivity contribution in [3.8, 4) is 0 Å². The van der Waals surface area contributed by atoms with Crippen LogP contribution >= 0.6 is 0 Å². The van der Waals surface area contributed by atoms with E-state index in [2.05, 4.69) is 10.6 Å². The fraction of sp³-hybridized carbons (Fsp3) is 0.500. The monoisotopic (exact) mass is 292 g/mol. The number of carbonyl (C=O) groups excluding carboxylic acids is 1. The molecule has 0 bridgehead atoms. The van der Waals surface area contributed by atoms with Gasteiger partial charge in [-0.2, -0.15) is 0 Å². The maximum Gasteiger partial charge on any atom is 0.315 e.